The van der Waals surface area contributed by atoms with E-state index in [1.807, 2.05) is 32.9 Å². The minimum atomic E-state index is -0.571. The van der Waals surface area contributed by atoms with Crippen molar-refractivity contribution < 1.29 is 23.9 Å². The topological polar surface area (TPSA) is 72.9 Å². The number of Topliss-reactive ketones (excluding diaryl/α,β-unsaturated/α-hetero) is 1. The highest BCUT2D eigenvalue weighted by Gasteiger charge is 2.50. The van der Waals surface area contributed by atoms with Crippen LogP contribution in [0.5, 0.6) is 0 Å². The van der Waals surface area contributed by atoms with Gasteiger partial charge in [-0.25, -0.2) is 9.59 Å². The molecule has 3 rings (SSSR count). The van der Waals surface area contributed by atoms with Crippen LogP contribution in [0.1, 0.15) is 68.4 Å². The van der Waals surface area contributed by atoms with Crippen LogP contribution in [0.2, 0.25) is 0 Å². The third kappa shape index (κ3) is 4.15. The maximum Gasteiger partial charge on any atom is 0.410 e. The van der Waals surface area contributed by atoms with Crippen molar-refractivity contribution in [3.8, 4) is 0 Å². The number of amides is 1. The van der Waals surface area contributed by atoms with Crippen LogP contribution in [0.4, 0.5) is 4.79 Å². The molecule has 6 nitrogen and oxygen atoms in total. The summed E-state index contributed by atoms with van der Waals surface area (Å²) >= 11 is 0. The van der Waals surface area contributed by atoms with Crippen molar-refractivity contribution in [1.82, 2.24) is 4.90 Å². The van der Waals surface area contributed by atoms with Gasteiger partial charge in [0.2, 0.25) is 0 Å². The zero-order valence-electron chi connectivity index (χ0n) is 16.4. The standard InChI is InChI=1S/C21H27NO5/c1-20(2,3)27-19(25)22-10-9-21(11-16(23)12-21)13-17(22)14-5-7-15(8-6-14)18(24)26-4/h5-8,17H,9-13H2,1-4H3/t17-/m0/s1. The summed E-state index contributed by atoms with van der Waals surface area (Å²) in [4.78, 5) is 37.8. The molecule has 27 heavy (non-hydrogen) atoms. The second-order valence-corrected chi connectivity index (χ2v) is 8.65. The van der Waals surface area contributed by atoms with Gasteiger partial charge in [-0.15, -0.1) is 0 Å². The Morgan fingerprint density at radius 3 is 2.30 bits per heavy atom. The van der Waals surface area contributed by atoms with Gasteiger partial charge in [-0.1, -0.05) is 12.1 Å². The molecule has 1 atom stereocenters. The van der Waals surface area contributed by atoms with Gasteiger partial charge in [0.15, 0.2) is 0 Å². The third-order valence-electron chi connectivity index (χ3n) is 5.37. The molecular formula is C21H27NO5. The molecule has 0 radical (unpaired) electrons. The summed E-state index contributed by atoms with van der Waals surface area (Å²) in [6.07, 6.45) is 2.38. The molecule has 1 saturated heterocycles. The van der Waals surface area contributed by atoms with Crippen molar-refractivity contribution in [1.29, 1.82) is 0 Å². The first-order valence-electron chi connectivity index (χ1n) is 9.32. The fourth-order valence-corrected chi connectivity index (χ4v) is 4.04. The zero-order valence-corrected chi connectivity index (χ0v) is 16.4. The molecule has 146 valence electrons. The molecule has 1 aliphatic carbocycles. The Hall–Kier alpha value is -2.37. The normalized spacial score (nSPS) is 21.6. The number of nitrogens with zero attached hydrogens (tertiary/aromatic N) is 1. The number of ketones is 1. The fourth-order valence-electron chi connectivity index (χ4n) is 4.04. The number of hydrogen-bond donors (Lipinski definition) is 0. The van der Waals surface area contributed by atoms with E-state index in [9.17, 15) is 14.4 Å². The van der Waals surface area contributed by atoms with Gasteiger partial charge in [0, 0.05) is 19.4 Å². The number of methoxy groups -OCH3 is 1. The Balaban J connectivity index is 1.86. The highest BCUT2D eigenvalue weighted by molar-refractivity contribution is 5.89. The molecule has 1 amide bonds. The molecule has 1 aromatic rings. The average molecular weight is 373 g/mol. The number of ether oxygens (including phenoxy) is 2. The predicted molar refractivity (Wildman–Crippen MR) is 99.4 cm³/mol. The monoisotopic (exact) mass is 373 g/mol. The van der Waals surface area contributed by atoms with Gasteiger partial charge >= 0.3 is 12.1 Å². The van der Waals surface area contributed by atoms with Crippen LogP contribution in [-0.2, 0) is 14.3 Å². The molecule has 2 fully saturated rings. The van der Waals surface area contributed by atoms with E-state index in [-0.39, 0.29) is 17.6 Å². The Morgan fingerprint density at radius 1 is 1.15 bits per heavy atom. The largest absolute Gasteiger partial charge is 0.465 e. The number of hydrogen-bond acceptors (Lipinski definition) is 5. The number of carbonyl (C=O) groups excluding carboxylic acids is 3. The lowest BCUT2D eigenvalue weighted by molar-refractivity contribution is -0.137. The van der Waals surface area contributed by atoms with E-state index in [1.165, 1.54) is 7.11 Å². The SMILES string of the molecule is COC(=O)c1ccc([C@@H]2CC3(CCN2C(=O)OC(C)(C)C)CC(=O)C3)cc1. The number of carbonyl (C=O) groups is 3. The van der Waals surface area contributed by atoms with Crippen LogP contribution >= 0.6 is 0 Å². The summed E-state index contributed by atoms with van der Waals surface area (Å²) in [5.74, 6) is -0.101. The van der Waals surface area contributed by atoms with Crippen LogP contribution in [-0.4, -0.2) is 42.0 Å². The van der Waals surface area contributed by atoms with Crippen molar-refractivity contribution in [3.63, 3.8) is 0 Å². The minimum Gasteiger partial charge on any atom is -0.465 e. The van der Waals surface area contributed by atoms with Crippen LogP contribution in [0.25, 0.3) is 0 Å². The van der Waals surface area contributed by atoms with Gasteiger partial charge in [0.05, 0.1) is 18.7 Å². The highest BCUT2D eigenvalue weighted by Crippen LogP contribution is 2.52. The van der Waals surface area contributed by atoms with Crippen molar-refractivity contribution >= 4 is 17.8 Å². The van der Waals surface area contributed by atoms with Crippen LogP contribution in [0, 0.1) is 5.41 Å². The molecular weight excluding hydrogens is 346 g/mol. The maximum absolute atomic E-state index is 12.8. The second kappa shape index (κ2) is 6.98. The Kier molecular flexibility index (Phi) is 5.02. The van der Waals surface area contributed by atoms with Gasteiger partial charge in [0.25, 0.3) is 0 Å². The molecule has 0 bridgehead atoms. The quantitative estimate of drug-likeness (QED) is 0.735. The van der Waals surface area contributed by atoms with E-state index in [2.05, 4.69) is 0 Å². The van der Waals surface area contributed by atoms with E-state index < -0.39 is 11.6 Å². The summed E-state index contributed by atoms with van der Waals surface area (Å²) < 4.78 is 10.3. The Labute approximate surface area is 159 Å². The summed E-state index contributed by atoms with van der Waals surface area (Å²) in [6.45, 7) is 6.11. The molecule has 1 aliphatic heterocycles. The van der Waals surface area contributed by atoms with Gasteiger partial charge < -0.3 is 14.4 Å². The molecule has 0 aromatic heterocycles. The van der Waals surface area contributed by atoms with Crippen molar-refractivity contribution in [3.05, 3.63) is 35.4 Å². The summed E-state index contributed by atoms with van der Waals surface area (Å²) in [5.41, 5.74) is 0.820. The maximum atomic E-state index is 12.8. The van der Waals surface area contributed by atoms with Gasteiger partial charge in [-0.05, 0) is 56.7 Å². The molecule has 2 aliphatic rings. The first kappa shape index (κ1) is 19.4. The molecule has 1 heterocycles. The zero-order chi connectivity index (χ0) is 19.8. The number of esters is 1. The lowest BCUT2D eigenvalue weighted by Crippen LogP contribution is -2.51. The van der Waals surface area contributed by atoms with Crippen LogP contribution in [0.15, 0.2) is 24.3 Å². The lowest BCUT2D eigenvalue weighted by Gasteiger charge is -2.50. The molecule has 0 N–H and O–H groups in total. The highest BCUT2D eigenvalue weighted by atomic mass is 16.6. The lowest BCUT2D eigenvalue weighted by atomic mass is 9.60. The minimum absolute atomic E-state index is 0.0126. The first-order chi connectivity index (χ1) is 12.6. The van der Waals surface area contributed by atoms with E-state index >= 15 is 0 Å². The number of likely N-dealkylation sites (tertiary alicyclic amines) is 1. The molecule has 1 saturated carbocycles. The number of benzene rings is 1. The van der Waals surface area contributed by atoms with Crippen LogP contribution < -0.4 is 0 Å². The number of rotatable bonds is 2. The molecule has 1 spiro atoms. The first-order valence-corrected chi connectivity index (χ1v) is 9.32. The summed E-state index contributed by atoms with van der Waals surface area (Å²) in [5, 5.41) is 0. The molecule has 1 aromatic carbocycles. The van der Waals surface area contributed by atoms with Gasteiger partial charge in [-0.2, -0.15) is 0 Å². The smallest absolute Gasteiger partial charge is 0.410 e. The van der Waals surface area contributed by atoms with Crippen molar-refractivity contribution in [2.75, 3.05) is 13.7 Å². The summed E-state index contributed by atoms with van der Waals surface area (Å²) in [7, 11) is 1.35. The summed E-state index contributed by atoms with van der Waals surface area (Å²) in [6, 6.07) is 6.96. The second-order valence-electron chi connectivity index (χ2n) is 8.65. The van der Waals surface area contributed by atoms with Crippen molar-refractivity contribution in [2.45, 2.75) is 58.1 Å². The Morgan fingerprint density at radius 2 is 1.78 bits per heavy atom. The number of piperidine rings is 1. The van der Waals surface area contributed by atoms with Crippen LogP contribution in [0.3, 0.4) is 0 Å². The predicted octanol–water partition coefficient (Wildman–Crippen LogP) is 3.89. The van der Waals surface area contributed by atoms with Gasteiger partial charge in [0.1, 0.15) is 11.4 Å². The molecule has 6 heteroatoms. The third-order valence-corrected chi connectivity index (χ3v) is 5.37. The van der Waals surface area contributed by atoms with Crippen molar-refractivity contribution in [2.24, 2.45) is 5.41 Å². The Bertz CT molecular complexity index is 739. The van der Waals surface area contributed by atoms with E-state index in [0.29, 0.717) is 30.7 Å². The van der Waals surface area contributed by atoms with E-state index in [1.54, 1.807) is 17.0 Å². The fraction of sp³-hybridized carbons (Fsp3) is 0.571. The van der Waals surface area contributed by atoms with E-state index in [4.69, 9.17) is 9.47 Å². The average Bonchev–Trinajstić information content (AvgIpc) is 2.58. The molecule has 0 unspecified atom stereocenters. The van der Waals surface area contributed by atoms with E-state index in [0.717, 1.165) is 18.4 Å². The van der Waals surface area contributed by atoms with Gasteiger partial charge in [-0.3, -0.25) is 4.79 Å².